The summed E-state index contributed by atoms with van der Waals surface area (Å²) in [5.74, 6) is 0.797. The van der Waals surface area contributed by atoms with E-state index in [1.807, 2.05) is 11.9 Å². The molecule has 96 valence electrons. The van der Waals surface area contributed by atoms with Gasteiger partial charge in [0.15, 0.2) is 5.78 Å². The second kappa shape index (κ2) is 5.16. The SMILES string of the molecule is CC(=O)c1ccnc(N2CCCN(C)C(=O)C2)c1. The molecule has 0 unspecified atom stereocenters. The van der Waals surface area contributed by atoms with E-state index in [9.17, 15) is 9.59 Å². The third-order valence-electron chi connectivity index (χ3n) is 3.15. The fraction of sp³-hybridized carbons (Fsp3) is 0.462. The number of rotatable bonds is 2. The second-order valence-electron chi connectivity index (χ2n) is 4.55. The molecular formula is C13H17N3O2. The summed E-state index contributed by atoms with van der Waals surface area (Å²) in [6.45, 7) is 3.40. The van der Waals surface area contributed by atoms with E-state index in [0.29, 0.717) is 17.9 Å². The van der Waals surface area contributed by atoms with E-state index in [2.05, 4.69) is 4.98 Å². The summed E-state index contributed by atoms with van der Waals surface area (Å²) in [5.41, 5.74) is 0.630. The molecule has 0 radical (unpaired) electrons. The first-order chi connectivity index (χ1) is 8.58. The van der Waals surface area contributed by atoms with Crippen LogP contribution >= 0.6 is 0 Å². The number of pyridine rings is 1. The Kier molecular flexibility index (Phi) is 3.60. The van der Waals surface area contributed by atoms with Gasteiger partial charge in [0, 0.05) is 31.9 Å². The molecule has 0 spiro atoms. The molecule has 0 saturated carbocycles. The normalized spacial score (nSPS) is 16.7. The molecule has 0 atom stereocenters. The van der Waals surface area contributed by atoms with Gasteiger partial charge in [-0.15, -0.1) is 0 Å². The first-order valence-electron chi connectivity index (χ1n) is 6.04. The number of carbonyl (C=O) groups excluding carboxylic acids is 2. The van der Waals surface area contributed by atoms with Crippen molar-refractivity contribution in [3.8, 4) is 0 Å². The molecule has 1 fully saturated rings. The van der Waals surface area contributed by atoms with Gasteiger partial charge >= 0.3 is 0 Å². The first-order valence-corrected chi connectivity index (χ1v) is 6.04. The highest BCUT2D eigenvalue weighted by molar-refractivity contribution is 5.94. The van der Waals surface area contributed by atoms with Crippen molar-refractivity contribution >= 4 is 17.5 Å². The van der Waals surface area contributed by atoms with Crippen LogP contribution in [-0.2, 0) is 4.79 Å². The highest BCUT2D eigenvalue weighted by atomic mass is 16.2. The molecule has 0 aliphatic carbocycles. The van der Waals surface area contributed by atoms with E-state index < -0.39 is 0 Å². The van der Waals surface area contributed by atoms with Crippen molar-refractivity contribution in [3.63, 3.8) is 0 Å². The van der Waals surface area contributed by atoms with Gasteiger partial charge in [0.05, 0.1) is 6.54 Å². The molecule has 1 amide bonds. The van der Waals surface area contributed by atoms with Crippen LogP contribution in [-0.4, -0.2) is 48.3 Å². The summed E-state index contributed by atoms with van der Waals surface area (Å²) in [7, 11) is 1.81. The van der Waals surface area contributed by atoms with Crippen LogP contribution < -0.4 is 4.90 Å². The third kappa shape index (κ3) is 2.67. The molecule has 1 aliphatic rings. The zero-order chi connectivity index (χ0) is 13.1. The number of nitrogens with zero attached hydrogens (tertiary/aromatic N) is 3. The largest absolute Gasteiger partial charge is 0.347 e. The molecule has 2 rings (SSSR count). The van der Waals surface area contributed by atoms with E-state index in [4.69, 9.17) is 0 Å². The monoisotopic (exact) mass is 247 g/mol. The van der Waals surface area contributed by atoms with Crippen LogP contribution in [0.15, 0.2) is 18.3 Å². The zero-order valence-corrected chi connectivity index (χ0v) is 10.7. The molecule has 1 aromatic rings. The molecule has 1 aromatic heterocycles. The molecular weight excluding hydrogens is 230 g/mol. The van der Waals surface area contributed by atoms with Crippen molar-refractivity contribution in [1.82, 2.24) is 9.88 Å². The fourth-order valence-electron chi connectivity index (χ4n) is 1.99. The summed E-state index contributed by atoms with van der Waals surface area (Å²) < 4.78 is 0. The summed E-state index contributed by atoms with van der Waals surface area (Å²) in [6, 6.07) is 3.44. The van der Waals surface area contributed by atoms with Crippen LogP contribution in [0.25, 0.3) is 0 Å². The summed E-state index contributed by atoms with van der Waals surface area (Å²) in [6.07, 6.45) is 2.53. The average Bonchev–Trinajstić information content (AvgIpc) is 2.52. The molecule has 1 aliphatic heterocycles. The van der Waals surface area contributed by atoms with Gasteiger partial charge < -0.3 is 9.80 Å². The predicted octanol–water partition coefficient (Wildman–Crippen LogP) is 0.953. The van der Waals surface area contributed by atoms with E-state index in [0.717, 1.165) is 19.5 Å². The highest BCUT2D eigenvalue weighted by Gasteiger charge is 2.20. The lowest BCUT2D eigenvalue weighted by Crippen LogP contribution is -2.34. The molecule has 0 aromatic carbocycles. The van der Waals surface area contributed by atoms with Crippen LogP contribution in [0, 0.1) is 0 Å². The number of anilines is 1. The van der Waals surface area contributed by atoms with Gasteiger partial charge in [-0.1, -0.05) is 0 Å². The van der Waals surface area contributed by atoms with Crippen molar-refractivity contribution in [2.75, 3.05) is 31.6 Å². The summed E-state index contributed by atoms with van der Waals surface area (Å²) >= 11 is 0. The Balaban J connectivity index is 2.22. The maximum absolute atomic E-state index is 11.8. The van der Waals surface area contributed by atoms with Crippen molar-refractivity contribution in [1.29, 1.82) is 0 Å². The average molecular weight is 247 g/mol. The number of ketones is 1. The lowest BCUT2D eigenvalue weighted by Gasteiger charge is -2.20. The van der Waals surface area contributed by atoms with E-state index in [1.54, 1.807) is 23.2 Å². The minimum absolute atomic E-state index is 0.0110. The number of carbonyl (C=O) groups is 2. The number of amides is 1. The Labute approximate surface area is 106 Å². The van der Waals surface area contributed by atoms with Crippen molar-refractivity contribution in [3.05, 3.63) is 23.9 Å². The summed E-state index contributed by atoms with van der Waals surface area (Å²) in [4.78, 5) is 31.1. The molecule has 2 heterocycles. The molecule has 18 heavy (non-hydrogen) atoms. The van der Waals surface area contributed by atoms with Crippen LogP contribution in [0.5, 0.6) is 0 Å². The number of likely N-dealkylation sites (N-methyl/N-ethyl adjacent to an activating group) is 1. The van der Waals surface area contributed by atoms with E-state index in [-0.39, 0.29) is 11.7 Å². The maximum atomic E-state index is 11.8. The fourth-order valence-corrected chi connectivity index (χ4v) is 1.99. The minimum Gasteiger partial charge on any atom is -0.347 e. The Morgan fingerprint density at radius 3 is 2.89 bits per heavy atom. The van der Waals surface area contributed by atoms with Crippen molar-refractivity contribution in [2.24, 2.45) is 0 Å². The minimum atomic E-state index is 0.0110. The van der Waals surface area contributed by atoms with Gasteiger partial charge in [-0.2, -0.15) is 0 Å². The maximum Gasteiger partial charge on any atom is 0.241 e. The van der Waals surface area contributed by atoms with Crippen LogP contribution in [0.2, 0.25) is 0 Å². The summed E-state index contributed by atoms with van der Waals surface area (Å²) in [5, 5.41) is 0. The highest BCUT2D eigenvalue weighted by Crippen LogP contribution is 2.15. The lowest BCUT2D eigenvalue weighted by atomic mass is 10.2. The Bertz CT molecular complexity index is 473. The number of hydrogen-bond donors (Lipinski definition) is 0. The van der Waals surface area contributed by atoms with Crippen LogP contribution in [0.4, 0.5) is 5.82 Å². The van der Waals surface area contributed by atoms with Gasteiger partial charge in [0.25, 0.3) is 0 Å². The molecule has 0 bridgehead atoms. The number of Topliss-reactive ketones (excluding diaryl/α,β-unsaturated/α-hetero) is 1. The van der Waals surface area contributed by atoms with Gasteiger partial charge in [0.2, 0.25) is 5.91 Å². The molecule has 0 N–H and O–H groups in total. The molecule has 1 saturated heterocycles. The van der Waals surface area contributed by atoms with Crippen LogP contribution in [0.1, 0.15) is 23.7 Å². The standard InChI is InChI=1S/C13H17N3O2/c1-10(17)11-4-5-14-12(8-11)16-7-3-6-15(2)13(18)9-16/h4-5,8H,3,6-7,9H2,1-2H3. The Hall–Kier alpha value is -1.91. The topological polar surface area (TPSA) is 53.5 Å². The van der Waals surface area contributed by atoms with Gasteiger partial charge in [-0.05, 0) is 25.5 Å². The number of aromatic nitrogens is 1. The van der Waals surface area contributed by atoms with E-state index in [1.165, 1.54) is 6.92 Å². The quantitative estimate of drug-likeness (QED) is 0.730. The predicted molar refractivity (Wildman–Crippen MR) is 68.7 cm³/mol. The van der Waals surface area contributed by atoms with Crippen molar-refractivity contribution in [2.45, 2.75) is 13.3 Å². The smallest absolute Gasteiger partial charge is 0.241 e. The lowest BCUT2D eigenvalue weighted by molar-refractivity contribution is -0.127. The zero-order valence-electron chi connectivity index (χ0n) is 10.7. The van der Waals surface area contributed by atoms with Gasteiger partial charge in [0.1, 0.15) is 5.82 Å². The molecule has 5 heteroatoms. The van der Waals surface area contributed by atoms with Gasteiger partial charge in [-0.3, -0.25) is 9.59 Å². The molecule has 5 nitrogen and oxygen atoms in total. The second-order valence-corrected chi connectivity index (χ2v) is 4.55. The van der Waals surface area contributed by atoms with Gasteiger partial charge in [-0.25, -0.2) is 4.98 Å². The van der Waals surface area contributed by atoms with Crippen molar-refractivity contribution < 1.29 is 9.59 Å². The Morgan fingerprint density at radius 1 is 1.39 bits per heavy atom. The van der Waals surface area contributed by atoms with E-state index >= 15 is 0 Å². The number of hydrogen-bond acceptors (Lipinski definition) is 4. The Morgan fingerprint density at radius 2 is 2.17 bits per heavy atom. The van der Waals surface area contributed by atoms with Crippen LogP contribution in [0.3, 0.4) is 0 Å². The third-order valence-corrected chi connectivity index (χ3v) is 3.15. The first kappa shape index (κ1) is 12.5.